The van der Waals surface area contributed by atoms with Crippen molar-refractivity contribution in [2.45, 2.75) is 9.79 Å². The van der Waals surface area contributed by atoms with Gasteiger partial charge in [0.05, 0.1) is 15.4 Å². The molecule has 20 heavy (non-hydrogen) atoms. The summed E-state index contributed by atoms with van der Waals surface area (Å²) in [6, 6.07) is 8.96. The molecule has 0 aliphatic heterocycles. The first kappa shape index (κ1) is 14.0. The van der Waals surface area contributed by atoms with E-state index < -0.39 is 16.7 Å². The summed E-state index contributed by atoms with van der Waals surface area (Å²) in [5.74, 6) is -1.58. The monoisotopic (exact) mass is 293 g/mol. The highest BCUT2D eigenvalue weighted by atomic mass is 32.2. The van der Waals surface area contributed by atoms with Gasteiger partial charge in [-0.1, -0.05) is 11.8 Å². The molecule has 2 aromatic rings. The molecule has 0 aromatic heterocycles. The molecule has 2 rings (SSSR count). The molecule has 0 aliphatic rings. The van der Waals surface area contributed by atoms with Crippen LogP contribution in [-0.4, -0.2) is 16.0 Å². The molecule has 0 amide bonds. The molecule has 102 valence electrons. The maximum absolute atomic E-state index is 12.8. The third-order valence-electron chi connectivity index (χ3n) is 2.44. The van der Waals surface area contributed by atoms with E-state index in [0.29, 0.717) is 4.90 Å². The molecule has 5 nitrogen and oxygen atoms in total. The second-order valence-corrected chi connectivity index (χ2v) is 4.92. The summed E-state index contributed by atoms with van der Waals surface area (Å²) in [5, 5.41) is 19.8. The number of hydrogen-bond donors (Lipinski definition) is 1. The number of carbonyl (C=O) groups is 1. The van der Waals surface area contributed by atoms with Crippen LogP contribution in [0.15, 0.2) is 52.3 Å². The first-order chi connectivity index (χ1) is 9.47. The van der Waals surface area contributed by atoms with Crippen LogP contribution in [0.5, 0.6) is 0 Å². The van der Waals surface area contributed by atoms with Crippen LogP contribution in [0.1, 0.15) is 10.4 Å². The highest BCUT2D eigenvalue weighted by molar-refractivity contribution is 7.99. The van der Waals surface area contributed by atoms with Gasteiger partial charge >= 0.3 is 5.97 Å². The topological polar surface area (TPSA) is 80.4 Å². The molecule has 0 aliphatic carbocycles. The van der Waals surface area contributed by atoms with Crippen molar-refractivity contribution in [3.63, 3.8) is 0 Å². The van der Waals surface area contributed by atoms with Crippen molar-refractivity contribution in [2.75, 3.05) is 0 Å². The Morgan fingerprint density at radius 2 is 1.85 bits per heavy atom. The molecular weight excluding hydrogens is 285 g/mol. The fourth-order valence-electron chi connectivity index (χ4n) is 1.51. The van der Waals surface area contributed by atoms with Gasteiger partial charge in [-0.05, 0) is 36.4 Å². The summed E-state index contributed by atoms with van der Waals surface area (Å²) in [5.41, 5.74) is -0.232. The second kappa shape index (κ2) is 5.70. The lowest BCUT2D eigenvalue weighted by Crippen LogP contribution is -1.98. The molecule has 2 aromatic carbocycles. The van der Waals surface area contributed by atoms with Gasteiger partial charge in [0.15, 0.2) is 0 Å². The smallest absolute Gasteiger partial charge is 0.335 e. The molecule has 0 fully saturated rings. The van der Waals surface area contributed by atoms with Crippen LogP contribution in [-0.2, 0) is 0 Å². The molecule has 0 heterocycles. The van der Waals surface area contributed by atoms with E-state index in [0.717, 1.165) is 17.8 Å². The molecule has 0 bridgehead atoms. The van der Waals surface area contributed by atoms with Gasteiger partial charge in [0.1, 0.15) is 5.82 Å². The van der Waals surface area contributed by atoms with Gasteiger partial charge in [-0.2, -0.15) is 0 Å². The highest BCUT2D eigenvalue weighted by Crippen LogP contribution is 2.35. The first-order valence-corrected chi connectivity index (χ1v) is 6.24. The van der Waals surface area contributed by atoms with Gasteiger partial charge in [-0.15, -0.1) is 0 Å². The number of benzene rings is 2. The Balaban J connectivity index is 2.41. The summed E-state index contributed by atoms with van der Waals surface area (Å²) in [6.45, 7) is 0. The van der Waals surface area contributed by atoms with Crippen LogP contribution in [0.3, 0.4) is 0 Å². The Kier molecular flexibility index (Phi) is 3.99. The van der Waals surface area contributed by atoms with Crippen molar-refractivity contribution in [2.24, 2.45) is 0 Å². The van der Waals surface area contributed by atoms with Gasteiger partial charge in [-0.3, -0.25) is 10.1 Å². The third-order valence-corrected chi connectivity index (χ3v) is 3.50. The van der Waals surface area contributed by atoms with E-state index in [1.807, 2.05) is 0 Å². The van der Waals surface area contributed by atoms with E-state index in [-0.39, 0.29) is 16.1 Å². The van der Waals surface area contributed by atoms with Crippen molar-refractivity contribution < 1.29 is 19.2 Å². The van der Waals surface area contributed by atoms with E-state index in [9.17, 15) is 19.3 Å². The standard InChI is InChI=1S/C13H8FNO4S/c14-9-2-4-10(5-3-9)20-12-7-8(13(16)17)1-6-11(12)15(18)19/h1-7H,(H,16,17). The highest BCUT2D eigenvalue weighted by Gasteiger charge is 2.17. The molecule has 0 unspecified atom stereocenters. The van der Waals surface area contributed by atoms with Crippen molar-refractivity contribution in [3.05, 3.63) is 64.0 Å². The maximum Gasteiger partial charge on any atom is 0.335 e. The summed E-state index contributed by atoms with van der Waals surface area (Å²) >= 11 is 1.01. The molecule has 0 saturated heterocycles. The van der Waals surface area contributed by atoms with Gasteiger partial charge in [0.25, 0.3) is 5.69 Å². The van der Waals surface area contributed by atoms with Gasteiger partial charge in [-0.25, -0.2) is 9.18 Å². The zero-order chi connectivity index (χ0) is 14.7. The number of hydrogen-bond acceptors (Lipinski definition) is 4. The molecule has 0 saturated carbocycles. The normalized spacial score (nSPS) is 10.2. The molecule has 1 N–H and O–H groups in total. The SMILES string of the molecule is O=C(O)c1ccc([N+](=O)[O-])c(Sc2ccc(F)cc2)c1. The zero-order valence-electron chi connectivity index (χ0n) is 9.95. The van der Waals surface area contributed by atoms with E-state index in [1.165, 1.54) is 36.4 Å². The average molecular weight is 293 g/mol. The van der Waals surface area contributed by atoms with Crippen LogP contribution < -0.4 is 0 Å². The van der Waals surface area contributed by atoms with Gasteiger partial charge in [0, 0.05) is 11.0 Å². The van der Waals surface area contributed by atoms with Crippen LogP contribution >= 0.6 is 11.8 Å². The Morgan fingerprint density at radius 3 is 2.40 bits per heavy atom. The third kappa shape index (κ3) is 3.12. The summed E-state index contributed by atoms with van der Waals surface area (Å²) in [4.78, 5) is 22.0. The Bertz CT molecular complexity index is 673. The van der Waals surface area contributed by atoms with Crippen molar-refractivity contribution in [1.29, 1.82) is 0 Å². The lowest BCUT2D eigenvalue weighted by molar-refractivity contribution is -0.387. The van der Waals surface area contributed by atoms with E-state index in [1.54, 1.807) is 0 Å². The zero-order valence-corrected chi connectivity index (χ0v) is 10.8. The predicted octanol–water partition coefficient (Wildman–Crippen LogP) is 3.58. The predicted molar refractivity (Wildman–Crippen MR) is 70.6 cm³/mol. The number of halogens is 1. The number of nitro benzene ring substituents is 1. The van der Waals surface area contributed by atoms with Gasteiger partial charge in [0.2, 0.25) is 0 Å². The average Bonchev–Trinajstić information content (AvgIpc) is 2.41. The minimum absolute atomic E-state index is 0.0415. The molecule has 7 heteroatoms. The minimum atomic E-state index is -1.17. The van der Waals surface area contributed by atoms with Crippen LogP contribution in [0.25, 0.3) is 0 Å². The number of aromatic carboxylic acids is 1. The lowest BCUT2D eigenvalue weighted by Gasteiger charge is -2.04. The number of carboxylic acids is 1. The molecule has 0 spiro atoms. The van der Waals surface area contributed by atoms with E-state index >= 15 is 0 Å². The molecular formula is C13H8FNO4S. The van der Waals surface area contributed by atoms with Crippen LogP contribution in [0.2, 0.25) is 0 Å². The minimum Gasteiger partial charge on any atom is -0.478 e. The number of rotatable bonds is 4. The van der Waals surface area contributed by atoms with E-state index in [2.05, 4.69) is 0 Å². The lowest BCUT2D eigenvalue weighted by atomic mass is 10.2. The van der Waals surface area contributed by atoms with Crippen molar-refractivity contribution in [1.82, 2.24) is 0 Å². The second-order valence-electron chi connectivity index (χ2n) is 3.80. The summed E-state index contributed by atoms with van der Waals surface area (Å²) < 4.78 is 12.8. The fraction of sp³-hybridized carbons (Fsp3) is 0. The van der Waals surface area contributed by atoms with Crippen LogP contribution in [0.4, 0.5) is 10.1 Å². The van der Waals surface area contributed by atoms with Crippen molar-refractivity contribution >= 4 is 23.4 Å². The van der Waals surface area contributed by atoms with Crippen molar-refractivity contribution in [3.8, 4) is 0 Å². The number of carboxylic acid groups (broad SMARTS) is 1. The largest absolute Gasteiger partial charge is 0.478 e. The van der Waals surface area contributed by atoms with E-state index in [4.69, 9.17) is 5.11 Å². The summed E-state index contributed by atoms with van der Waals surface area (Å²) in [6.07, 6.45) is 0. The number of nitrogens with zero attached hydrogens (tertiary/aromatic N) is 1. The Morgan fingerprint density at radius 1 is 1.20 bits per heavy atom. The molecule has 0 radical (unpaired) electrons. The van der Waals surface area contributed by atoms with Gasteiger partial charge < -0.3 is 5.11 Å². The maximum atomic E-state index is 12.8. The summed E-state index contributed by atoms with van der Waals surface area (Å²) in [7, 11) is 0. The first-order valence-electron chi connectivity index (χ1n) is 5.42. The Labute approximate surface area is 117 Å². The molecule has 0 atom stereocenters. The van der Waals surface area contributed by atoms with Crippen LogP contribution in [0, 0.1) is 15.9 Å². The number of nitro groups is 1. The quantitative estimate of drug-likeness (QED) is 0.688. The Hall–Kier alpha value is -2.41. The fourth-order valence-corrected chi connectivity index (χ4v) is 2.47.